The van der Waals surface area contributed by atoms with Gasteiger partial charge in [0.05, 0.1) is 14.2 Å². The second kappa shape index (κ2) is 11.0. The summed E-state index contributed by atoms with van der Waals surface area (Å²) in [6, 6.07) is 5.83. The van der Waals surface area contributed by atoms with Gasteiger partial charge in [-0.05, 0) is 43.4 Å². The average Bonchev–Trinajstić information content (AvgIpc) is 2.70. The quantitative estimate of drug-likeness (QED) is 0.652. The second-order valence-corrected chi connectivity index (χ2v) is 7.08. The maximum atomic E-state index is 12.3. The highest BCUT2D eigenvalue weighted by molar-refractivity contribution is 6.17. The number of nitrogens with one attached hydrogen (secondary N) is 1. The van der Waals surface area contributed by atoms with Gasteiger partial charge in [-0.25, -0.2) is 0 Å². The number of ether oxygens (including phenoxy) is 2. The van der Waals surface area contributed by atoms with Crippen molar-refractivity contribution in [2.75, 3.05) is 33.2 Å². The molecule has 6 nitrogen and oxygen atoms in total. The van der Waals surface area contributed by atoms with Gasteiger partial charge in [0.25, 0.3) is 0 Å². The Morgan fingerprint density at radius 1 is 1.15 bits per heavy atom. The van der Waals surface area contributed by atoms with Crippen LogP contribution in [0.4, 0.5) is 0 Å². The van der Waals surface area contributed by atoms with Crippen LogP contribution in [-0.4, -0.2) is 55.9 Å². The van der Waals surface area contributed by atoms with Crippen molar-refractivity contribution in [2.45, 2.75) is 44.6 Å². The minimum atomic E-state index is 0.0386. The maximum Gasteiger partial charge on any atom is 0.222 e. The van der Waals surface area contributed by atoms with Crippen LogP contribution in [0.5, 0.6) is 11.5 Å². The van der Waals surface area contributed by atoms with E-state index in [2.05, 4.69) is 5.32 Å². The SMILES string of the molecule is COc1ccc(CCC(=O)NC2CCN(C(=O)CCCCl)CC2)cc1OC. The van der Waals surface area contributed by atoms with Crippen LogP contribution >= 0.6 is 11.6 Å². The number of aryl methyl sites for hydroxylation is 1. The molecule has 1 saturated heterocycles. The lowest BCUT2D eigenvalue weighted by atomic mass is 10.0. The van der Waals surface area contributed by atoms with Crippen LogP contribution in [0.3, 0.4) is 0 Å². The summed E-state index contributed by atoms with van der Waals surface area (Å²) in [6.07, 6.45) is 3.88. The fourth-order valence-electron chi connectivity index (χ4n) is 3.24. The lowest BCUT2D eigenvalue weighted by molar-refractivity contribution is -0.132. The number of halogens is 1. The van der Waals surface area contributed by atoms with E-state index in [4.69, 9.17) is 21.1 Å². The molecule has 0 aromatic heterocycles. The molecule has 1 aliphatic heterocycles. The highest BCUT2D eigenvalue weighted by Gasteiger charge is 2.23. The van der Waals surface area contributed by atoms with Crippen LogP contribution in [-0.2, 0) is 16.0 Å². The average molecular weight is 397 g/mol. The summed E-state index contributed by atoms with van der Waals surface area (Å²) < 4.78 is 10.5. The Hall–Kier alpha value is -1.95. The molecule has 1 N–H and O–H groups in total. The minimum absolute atomic E-state index is 0.0386. The van der Waals surface area contributed by atoms with Gasteiger partial charge in [-0.15, -0.1) is 11.6 Å². The van der Waals surface area contributed by atoms with Gasteiger partial charge in [-0.3, -0.25) is 9.59 Å². The van der Waals surface area contributed by atoms with Crippen molar-refractivity contribution in [1.82, 2.24) is 10.2 Å². The van der Waals surface area contributed by atoms with Gasteiger partial charge >= 0.3 is 0 Å². The van der Waals surface area contributed by atoms with E-state index < -0.39 is 0 Å². The number of hydrogen-bond acceptors (Lipinski definition) is 4. The van der Waals surface area contributed by atoms with E-state index in [0.717, 1.165) is 18.4 Å². The van der Waals surface area contributed by atoms with Crippen LogP contribution < -0.4 is 14.8 Å². The molecular weight excluding hydrogens is 368 g/mol. The number of piperidine rings is 1. The molecule has 7 heteroatoms. The molecule has 0 bridgehead atoms. The molecule has 1 fully saturated rings. The van der Waals surface area contributed by atoms with E-state index in [0.29, 0.717) is 56.2 Å². The molecule has 0 radical (unpaired) electrons. The number of carbonyl (C=O) groups excluding carboxylic acids is 2. The number of amides is 2. The summed E-state index contributed by atoms with van der Waals surface area (Å²) in [4.78, 5) is 26.1. The number of carbonyl (C=O) groups is 2. The van der Waals surface area contributed by atoms with Crippen molar-refractivity contribution < 1.29 is 19.1 Å². The van der Waals surface area contributed by atoms with Crippen molar-refractivity contribution >= 4 is 23.4 Å². The Kier molecular flexibility index (Phi) is 8.72. The van der Waals surface area contributed by atoms with Gasteiger partial charge < -0.3 is 19.7 Å². The number of rotatable bonds is 9. The van der Waals surface area contributed by atoms with Gasteiger partial charge in [0.15, 0.2) is 11.5 Å². The van der Waals surface area contributed by atoms with E-state index in [1.807, 2.05) is 23.1 Å². The Bertz CT molecular complexity index is 630. The molecule has 0 spiro atoms. The molecule has 150 valence electrons. The van der Waals surface area contributed by atoms with E-state index in [1.165, 1.54) is 0 Å². The summed E-state index contributed by atoms with van der Waals surface area (Å²) in [5, 5.41) is 3.09. The number of alkyl halides is 1. The molecule has 2 amide bonds. The third-order valence-corrected chi connectivity index (χ3v) is 5.09. The summed E-state index contributed by atoms with van der Waals surface area (Å²) in [5.41, 5.74) is 1.03. The molecule has 1 aliphatic rings. The first-order valence-electron chi connectivity index (χ1n) is 9.41. The van der Waals surface area contributed by atoms with Gasteiger partial charge in [-0.1, -0.05) is 6.07 Å². The van der Waals surface area contributed by atoms with Crippen LogP contribution in [0.15, 0.2) is 18.2 Å². The van der Waals surface area contributed by atoms with Gasteiger partial charge in [-0.2, -0.15) is 0 Å². The van der Waals surface area contributed by atoms with Crippen LogP contribution in [0.2, 0.25) is 0 Å². The zero-order valence-electron chi connectivity index (χ0n) is 16.1. The first-order chi connectivity index (χ1) is 13.1. The molecule has 1 aromatic rings. The number of likely N-dealkylation sites (tertiary alicyclic amines) is 1. The van der Waals surface area contributed by atoms with Crippen molar-refractivity contribution in [2.24, 2.45) is 0 Å². The third kappa shape index (κ3) is 6.61. The van der Waals surface area contributed by atoms with E-state index >= 15 is 0 Å². The molecule has 0 atom stereocenters. The van der Waals surface area contributed by atoms with Crippen LogP contribution in [0.25, 0.3) is 0 Å². The van der Waals surface area contributed by atoms with Gasteiger partial charge in [0.2, 0.25) is 11.8 Å². The Morgan fingerprint density at radius 2 is 1.85 bits per heavy atom. The molecule has 1 heterocycles. The van der Waals surface area contributed by atoms with Crippen molar-refractivity contribution in [1.29, 1.82) is 0 Å². The van der Waals surface area contributed by atoms with Crippen molar-refractivity contribution in [3.63, 3.8) is 0 Å². The summed E-state index contributed by atoms with van der Waals surface area (Å²) >= 11 is 5.64. The fraction of sp³-hybridized carbons (Fsp3) is 0.600. The van der Waals surface area contributed by atoms with E-state index in [-0.39, 0.29) is 17.9 Å². The standard InChI is InChI=1S/C20H29ClN2O4/c1-26-17-7-5-15(14-18(17)27-2)6-8-19(24)22-16-9-12-23(13-10-16)20(25)4-3-11-21/h5,7,14,16H,3-4,6,8-13H2,1-2H3,(H,22,24). The molecule has 0 saturated carbocycles. The predicted octanol–water partition coefficient (Wildman–Crippen LogP) is 2.76. The topological polar surface area (TPSA) is 67.9 Å². The van der Waals surface area contributed by atoms with E-state index in [1.54, 1.807) is 14.2 Å². The largest absolute Gasteiger partial charge is 0.493 e. The molecule has 27 heavy (non-hydrogen) atoms. The zero-order chi connectivity index (χ0) is 19.6. The van der Waals surface area contributed by atoms with Crippen LogP contribution in [0.1, 0.15) is 37.7 Å². The maximum absolute atomic E-state index is 12.3. The Labute approximate surface area is 166 Å². The lowest BCUT2D eigenvalue weighted by Gasteiger charge is -2.32. The fourth-order valence-corrected chi connectivity index (χ4v) is 3.38. The number of hydrogen-bond donors (Lipinski definition) is 1. The molecule has 1 aromatic carbocycles. The van der Waals surface area contributed by atoms with Crippen LogP contribution in [0, 0.1) is 0 Å². The Balaban J connectivity index is 1.73. The normalized spacial score (nSPS) is 14.7. The van der Waals surface area contributed by atoms with E-state index in [9.17, 15) is 9.59 Å². The first-order valence-corrected chi connectivity index (χ1v) is 9.94. The summed E-state index contributed by atoms with van der Waals surface area (Å²) in [6.45, 7) is 1.39. The Morgan fingerprint density at radius 3 is 2.48 bits per heavy atom. The molecule has 2 rings (SSSR count). The smallest absolute Gasteiger partial charge is 0.222 e. The minimum Gasteiger partial charge on any atom is -0.493 e. The summed E-state index contributed by atoms with van der Waals surface area (Å²) in [5.74, 6) is 2.06. The first kappa shape index (κ1) is 21.4. The third-order valence-electron chi connectivity index (χ3n) is 4.83. The molecule has 0 aliphatic carbocycles. The predicted molar refractivity (Wildman–Crippen MR) is 106 cm³/mol. The number of benzene rings is 1. The number of methoxy groups -OCH3 is 2. The molecular formula is C20H29ClN2O4. The monoisotopic (exact) mass is 396 g/mol. The molecule has 0 unspecified atom stereocenters. The van der Waals surface area contributed by atoms with Gasteiger partial charge in [0.1, 0.15) is 0 Å². The van der Waals surface area contributed by atoms with Gasteiger partial charge in [0, 0.05) is 37.9 Å². The second-order valence-electron chi connectivity index (χ2n) is 6.70. The highest BCUT2D eigenvalue weighted by Crippen LogP contribution is 2.28. The highest BCUT2D eigenvalue weighted by atomic mass is 35.5. The lowest BCUT2D eigenvalue weighted by Crippen LogP contribution is -2.46. The zero-order valence-corrected chi connectivity index (χ0v) is 16.9. The van der Waals surface area contributed by atoms with Crippen molar-refractivity contribution in [3.05, 3.63) is 23.8 Å². The van der Waals surface area contributed by atoms with Crippen molar-refractivity contribution in [3.8, 4) is 11.5 Å². The number of nitrogens with zero attached hydrogens (tertiary/aromatic N) is 1. The summed E-state index contributed by atoms with van der Waals surface area (Å²) in [7, 11) is 3.20.